The third-order valence-electron chi connectivity index (χ3n) is 6.51. The number of hydrogen-bond donors (Lipinski definition) is 2. The number of likely N-dealkylation sites (tertiary alicyclic amines) is 1. The van der Waals surface area contributed by atoms with E-state index >= 15 is 0 Å². The van der Waals surface area contributed by atoms with Gasteiger partial charge in [-0.15, -0.1) is 0 Å². The zero-order chi connectivity index (χ0) is 23.3. The molecule has 1 spiro atoms. The first-order valence-electron chi connectivity index (χ1n) is 11.0. The third-order valence-corrected chi connectivity index (χ3v) is 6.51. The number of carbonyl (C=O) groups is 4. The molecule has 3 amide bonds. The van der Waals surface area contributed by atoms with Crippen LogP contribution >= 0.6 is 0 Å². The fourth-order valence-electron chi connectivity index (χ4n) is 4.76. The first kappa shape index (κ1) is 22.0. The van der Waals surface area contributed by atoms with Crippen LogP contribution in [0.5, 0.6) is 0 Å². The number of nitrogens with zero attached hydrogens (tertiary/aromatic N) is 2. The van der Waals surface area contributed by atoms with E-state index in [2.05, 4.69) is 16.7 Å². The predicted molar refractivity (Wildman–Crippen MR) is 116 cm³/mol. The van der Waals surface area contributed by atoms with Crippen molar-refractivity contribution in [2.45, 2.75) is 64.0 Å². The average Bonchev–Trinajstić information content (AvgIpc) is 3.45. The summed E-state index contributed by atoms with van der Waals surface area (Å²) in [6, 6.07) is 7.72. The lowest BCUT2D eigenvalue weighted by Crippen LogP contribution is -2.53. The number of benzene rings is 1. The van der Waals surface area contributed by atoms with E-state index in [1.165, 1.54) is 4.90 Å². The fourth-order valence-corrected chi connectivity index (χ4v) is 4.76. The summed E-state index contributed by atoms with van der Waals surface area (Å²) in [7, 11) is 0. The Morgan fingerprint density at radius 1 is 1.28 bits per heavy atom. The van der Waals surface area contributed by atoms with Crippen molar-refractivity contribution in [3.8, 4) is 6.07 Å². The van der Waals surface area contributed by atoms with Gasteiger partial charge in [0.15, 0.2) is 0 Å². The highest BCUT2D eigenvalue weighted by Gasteiger charge is 2.56. The summed E-state index contributed by atoms with van der Waals surface area (Å²) in [5.41, 5.74) is 0.166. The molecule has 2 aliphatic heterocycles. The van der Waals surface area contributed by atoms with Gasteiger partial charge in [-0.25, -0.2) is 0 Å². The van der Waals surface area contributed by atoms with Gasteiger partial charge in [-0.1, -0.05) is 39.0 Å². The maximum atomic E-state index is 13.6. The number of hydrogen-bond acceptors (Lipinski definition) is 5. The molecule has 1 saturated carbocycles. The zero-order valence-electron chi connectivity index (χ0n) is 18.6. The summed E-state index contributed by atoms with van der Waals surface area (Å²) in [5, 5.41) is 15.3. The molecule has 2 N–H and O–H groups in total. The van der Waals surface area contributed by atoms with E-state index in [4.69, 9.17) is 0 Å². The minimum atomic E-state index is -0.993. The summed E-state index contributed by atoms with van der Waals surface area (Å²) < 4.78 is 0. The maximum absolute atomic E-state index is 13.6. The molecule has 0 radical (unpaired) electrons. The summed E-state index contributed by atoms with van der Waals surface area (Å²) in [6.07, 6.45) is 1.89. The Morgan fingerprint density at radius 2 is 1.97 bits per heavy atom. The second-order valence-electron chi connectivity index (χ2n) is 10.3. The summed E-state index contributed by atoms with van der Waals surface area (Å²) in [5.74, 6) is -2.15. The van der Waals surface area contributed by atoms with E-state index in [0.717, 1.165) is 5.56 Å². The van der Waals surface area contributed by atoms with Crippen LogP contribution < -0.4 is 10.6 Å². The van der Waals surface area contributed by atoms with Gasteiger partial charge in [0.05, 0.1) is 11.5 Å². The summed E-state index contributed by atoms with van der Waals surface area (Å²) in [6.45, 7) is 5.88. The lowest BCUT2D eigenvalue weighted by molar-refractivity contribution is -0.142. The van der Waals surface area contributed by atoms with Gasteiger partial charge in [0.1, 0.15) is 12.1 Å². The van der Waals surface area contributed by atoms with Gasteiger partial charge in [-0.05, 0) is 36.3 Å². The number of nitrogens with one attached hydrogen (secondary N) is 2. The molecule has 1 aliphatic carbocycles. The van der Waals surface area contributed by atoms with Crippen LogP contribution in [0.2, 0.25) is 0 Å². The molecule has 8 nitrogen and oxygen atoms in total. The van der Waals surface area contributed by atoms with Gasteiger partial charge in [-0.3, -0.25) is 19.2 Å². The lowest BCUT2D eigenvalue weighted by Gasteiger charge is -2.31. The molecule has 1 saturated heterocycles. The molecule has 0 unspecified atom stereocenters. The van der Waals surface area contributed by atoms with Crippen molar-refractivity contribution in [3.63, 3.8) is 0 Å². The Morgan fingerprint density at radius 3 is 2.59 bits per heavy atom. The van der Waals surface area contributed by atoms with Gasteiger partial charge in [0, 0.05) is 24.6 Å². The first-order chi connectivity index (χ1) is 15.1. The standard InChI is InChI=1S/C24H28N4O4/c1-23(2,3)11-18(26-20(30)19(29)14-8-9-14)21(31)28-13-24(10-15(28)12-25)16-6-4-5-7-17(16)27-22(24)32/h4-7,14-15,18H,8-11,13H2,1-3H3,(H,26,30)(H,27,32)/t15-,18-,24-/m0/s1. The second kappa shape index (κ2) is 7.73. The van der Waals surface area contributed by atoms with E-state index in [1.54, 1.807) is 6.07 Å². The molecule has 2 fully saturated rings. The molecular formula is C24H28N4O4. The van der Waals surface area contributed by atoms with Gasteiger partial charge in [0.25, 0.3) is 5.91 Å². The summed E-state index contributed by atoms with van der Waals surface area (Å²) >= 11 is 0. The molecule has 0 bridgehead atoms. The molecule has 3 aliphatic rings. The van der Waals surface area contributed by atoms with E-state index < -0.39 is 35.1 Å². The minimum Gasteiger partial charge on any atom is -0.338 e. The van der Waals surface area contributed by atoms with Crippen LogP contribution in [0.15, 0.2) is 24.3 Å². The Bertz CT molecular complexity index is 1030. The van der Waals surface area contributed by atoms with E-state index in [1.807, 2.05) is 39.0 Å². The SMILES string of the molecule is CC(C)(C)C[C@H](NC(=O)C(=O)C1CC1)C(=O)N1C[C@]2(C[C@H]1C#N)C(=O)Nc1ccccc12. The van der Waals surface area contributed by atoms with Crippen molar-refractivity contribution in [3.05, 3.63) is 29.8 Å². The van der Waals surface area contributed by atoms with Crippen molar-refractivity contribution < 1.29 is 19.2 Å². The van der Waals surface area contributed by atoms with Crippen LogP contribution in [0, 0.1) is 22.7 Å². The van der Waals surface area contributed by atoms with Gasteiger partial charge < -0.3 is 15.5 Å². The smallest absolute Gasteiger partial charge is 0.288 e. The monoisotopic (exact) mass is 436 g/mol. The molecule has 3 atom stereocenters. The van der Waals surface area contributed by atoms with Crippen molar-refractivity contribution >= 4 is 29.2 Å². The molecule has 4 rings (SSSR count). The van der Waals surface area contributed by atoms with Gasteiger partial charge >= 0.3 is 0 Å². The van der Waals surface area contributed by atoms with Crippen molar-refractivity contribution in [1.29, 1.82) is 5.26 Å². The number of Topliss-reactive ketones (excluding diaryl/α,β-unsaturated/α-hetero) is 1. The molecule has 32 heavy (non-hydrogen) atoms. The summed E-state index contributed by atoms with van der Waals surface area (Å²) in [4.78, 5) is 52.7. The Labute approximate surface area is 187 Å². The van der Waals surface area contributed by atoms with Crippen LogP contribution in [-0.2, 0) is 24.6 Å². The fraction of sp³-hybridized carbons (Fsp3) is 0.542. The Kier molecular flexibility index (Phi) is 5.32. The molecule has 0 aromatic heterocycles. The quantitative estimate of drug-likeness (QED) is 0.683. The number of anilines is 1. The van der Waals surface area contributed by atoms with Crippen LogP contribution in [0.1, 0.15) is 52.0 Å². The number of ketones is 1. The number of carbonyl (C=O) groups excluding carboxylic acids is 4. The second-order valence-corrected chi connectivity index (χ2v) is 10.3. The number of amides is 3. The van der Waals surface area contributed by atoms with Crippen LogP contribution in [0.25, 0.3) is 0 Å². The minimum absolute atomic E-state index is 0.0555. The zero-order valence-corrected chi connectivity index (χ0v) is 18.6. The maximum Gasteiger partial charge on any atom is 0.288 e. The Hall–Kier alpha value is -3.21. The largest absolute Gasteiger partial charge is 0.338 e. The van der Waals surface area contributed by atoms with Crippen molar-refractivity contribution in [2.24, 2.45) is 11.3 Å². The normalized spacial score (nSPS) is 25.1. The van der Waals surface area contributed by atoms with Gasteiger partial charge in [0.2, 0.25) is 17.6 Å². The number of nitriles is 1. The highest BCUT2D eigenvalue weighted by atomic mass is 16.2. The lowest BCUT2D eigenvalue weighted by atomic mass is 9.80. The van der Waals surface area contributed by atoms with Crippen molar-refractivity contribution in [1.82, 2.24) is 10.2 Å². The number of para-hydroxylation sites is 1. The highest BCUT2D eigenvalue weighted by Crippen LogP contribution is 2.46. The predicted octanol–water partition coefficient (Wildman–Crippen LogP) is 1.90. The molecule has 1 aromatic carbocycles. The van der Waals surface area contributed by atoms with Crippen LogP contribution in [0.4, 0.5) is 5.69 Å². The van der Waals surface area contributed by atoms with Gasteiger partial charge in [-0.2, -0.15) is 5.26 Å². The van der Waals surface area contributed by atoms with E-state index in [0.29, 0.717) is 24.9 Å². The van der Waals surface area contributed by atoms with Crippen LogP contribution in [0.3, 0.4) is 0 Å². The highest BCUT2D eigenvalue weighted by molar-refractivity contribution is 6.37. The molecule has 168 valence electrons. The van der Waals surface area contributed by atoms with E-state index in [-0.39, 0.29) is 30.2 Å². The average molecular weight is 437 g/mol. The Balaban J connectivity index is 1.61. The molecule has 2 heterocycles. The molecule has 8 heteroatoms. The number of rotatable bonds is 5. The first-order valence-corrected chi connectivity index (χ1v) is 11.0. The third kappa shape index (κ3) is 3.88. The van der Waals surface area contributed by atoms with Crippen LogP contribution in [-0.4, -0.2) is 47.0 Å². The molecular weight excluding hydrogens is 408 g/mol. The molecule has 1 aromatic rings. The number of fused-ring (bicyclic) bond motifs is 2. The van der Waals surface area contributed by atoms with Crippen molar-refractivity contribution in [2.75, 3.05) is 11.9 Å². The topological polar surface area (TPSA) is 119 Å². The van der Waals surface area contributed by atoms with E-state index in [9.17, 15) is 24.4 Å².